The van der Waals surface area contributed by atoms with E-state index >= 15 is 0 Å². The molecule has 19 heteroatoms. The molecule has 0 bridgehead atoms. The molecule has 0 saturated heterocycles. The Labute approximate surface area is 371 Å². The third-order valence-electron chi connectivity index (χ3n) is 10.3. The number of nitrogens with one attached hydrogen (secondary N) is 6. The van der Waals surface area contributed by atoms with Crippen LogP contribution in [0.15, 0.2) is 72.8 Å². The van der Waals surface area contributed by atoms with Crippen LogP contribution in [0.1, 0.15) is 68.6 Å². The highest BCUT2D eigenvalue weighted by Crippen LogP contribution is 2.44. The summed E-state index contributed by atoms with van der Waals surface area (Å²) in [5.41, 5.74) is 10.7. The van der Waals surface area contributed by atoms with Crippen molar-refractivity contribution >= 4 is 47.4 Å². The van der Waals surface area contributed by atoms with Crippen molar-refractivity contribution in [2.45, 2.75) is 76.6 Å². The van der Waals surface area contributed by atoms with Crippen LogP contribution in [0.4, 0.5) is 15.3 Å². The summed E-state index contributed by atoms with van der Waals surface area (Å²) in [5.74, 6) is -4.47. The quantitative estimate of drug-likeness (QED) is 0.0500. The number of fused-ring (bicyclic) bond motifs is 3. The molecule has 0 fully saturated rings. The number of carbonyl (C=O) groups is 7. The number of aliphatic carboxylic acids is 1. The predicted molar refractivity (Wildman–Crippen MR) is 235 cm³/mol. The van der Waals surface area contributed by atoms with E-state index in [1.807, 2.05) is 36.4 Å². The molecule has 0 aliphatic heterocycles. The largest absolute Gasteiger partial charge is 0.481 e. The number of ether oxygens (including phenoxy) is 3. The number of carboxylic acids is 1. The number of rotatable bonds is 27. The maximum absolute atomic E-state index is 13.6. The standard InChI is InChI=1S/C45H59N7O12/c1-28(2)40(43(59)51-36(12-7-20-47-44(46)60)41(57)49-30-15-13-29(26-53)14-16-30)52-42(58)37(17-18-39(55)56)50-38(54)19-22-62-24-25-63-23-21-48-45(61)64-27-35-33-10-5-3-8-31(33)32-9-4-6-11-34(32)35/h3-6,8-11,13-16,28,35-37,40,53H,7,12,17-27H2,1-2H3,(H,48,61)(H,49,57)(H,50,54)(H,51,59)(H,52,58)(H,55,56)(H3,46,47,60)/t36-,37-,40-/m0/s1. The molecule has 7 amide bonds. The van der Waals surface area contributed by atoms with E-state index in [0.29, 0.717) is 11.3 Å². The zero-order chi connectivity index (χ0) is 46.4. The van der Waals surface area contributed by atoms with Crippen molar-refractivity contribution in [2.24, 2.45) is 11.7 Å². The minimum atomic E-state index is -1.31. The van der Waals surface area contributed by atoms with Crippen LogP contribution >= 0.6 is 0 Å². The molecule has 3 aromatic carbocycles. The SMILES string of the molecule is CC(C)[C@H](NC(=O)[C@H](CCC(=O)O)NC(=O)CCOCCOCCNC(=O)OCC1c2ccccc2-c2ccccc21)C(=O)N[C@@H](CCCNC(N)=O)C(=O)Nc1ccc(CO)cc1. The van der Waals surface area contributed by atoms with Crippen molar-refractivity contribution in [3.05, 3.63) is 89.5 Å². The number of hydrogen-bond donors (Lipinski definition) is 9. The number of primary amides is 1. The van der Waals surface area contributed by atoms with E-state index < -0.39 is 72.2 Å². The summed E-state index contributed by atoms with van der Waals surface area (Å²) in [4.78, 5) is 88.3. The van der Waals surface area contributed by atoms with E-state index in [-0.39, 0.29) is 84.3 Å². The van der Waals surface area contributed by atoms with Crippen LogP contribution in [0.25, 0.3) is 11.1 Å². The molecule has 3 aromatic rings. The number of anilines is 1. The molecule has 0 unspecified atom stereocenters. The number of alkyl carbamates (subject to hydrolysis) is 1. The van der Waals surface area contributed by atoms with Gasteiger partial charge in [-0.3, -0.25) is 24.0 Å². The van der Waals surface area contributed by atoms with Gasteiger partial charge in [-0.25, -0.2) is 9.59 Å². The van der Waals surface area contributed by atoms with Gasteiger partial charge in [0.25, 0.3) is 0 Å². The highest BCUT2D eigenvalue weighted by Gasteiger charge is 2.32. The van der Waals surface area contributed by atoms with Gasteiger partial charge < -0.3 is 62.1 Å². The first-order valence-corrected chi connectivity index (χ1v) is 21.2. The van der Waals surface area contributed by atoms with Crippen LogP contribution < -0.4 is 37.6 Å². The van der Waals surface area contributed by atoms with Gasteiger partial charge >= 0.3 is 18.1 Å². The molecule has 0 spiro atoms. The lowest BCUT2D eigenvalue weighted by atomic mass is 9.98. The number of urea groups is 1. The number of carbonyl (C=O) groups excluding carboxylic acids is 6. The van der Waals surface area contributed by atoms with Crippen molar-refractivity contribution in [3.63, 3.8) is 0 Å². The van der Waals surface area contributed by atoms with E-state index in [1.54, 1.807) is 38.1 Å². The van der Waals surface area contributed by atoms with E-state index in [0.717, 1.165) is 22.3 Å². The summed E-state index contributed by atoms with van der Waals surface area (Å²) in [6.07, 6.45) is -1.12. The molecule has 1 aliphatic rings. The Morgan fingerprint density at radius 3 is 1.92 bits per heavy atom. The van der Waals surface area contributed by atoms with Gasteiger partial charge in [0, 0.05) is 37.5 Å². The number of hydrogen-bond acceptors (Lipinski definition) is 11. The molecule has 4 rings (SSSR count). The second kappa shape index (κ2) is 26.1. The molecule has 19 nitrogen and oxygen atoms in total. The van der Waals surface area contributed by atoms with Crippen LogP contribution in [0, 0.1) is 5.92 Å². The maximum Gasteiger partial charge on any atom is 0.407 e. The lowest BCUT2D eigenvalue weighted by molar-refractivity contribution is -0.138. The van der Waals surface area contributed by atoms with E-state index in [2.05, 4.69) is 44.0 Å². The fourth-order valence-corrected chi connectivity index (χ4v) is 6.92. The lowest BCUT2D eigenvalue weighted by Gasteiger charge is -2.27. The number of aliphatic hydroxyl groups excluding tert-OH is 1. The van der Waals surface area contributed by atoms with Gasteiger partial charge in [-0.05, 0) is 65.1 Å². The van der Waals surface area contributed by atoms with Gasteiger partial charge in [0.15, 0.2) is 0 Å². The first kappa shape index (κ1) is 50.1. The van der Waals surface area contributed by atoms with E-state index in [1.165, 1.54) is 0 Å². The highest BCUT2D eigenvalue weighted by atomic mass is 16.6. The first-order chi connectivity index (χ1) is 30.8. The van der Waals surface area contributed by atoms with Gasteiger partial charge in [0.2, 0.25) is 23.6 Å². The average Bonchev–Trinajstić information content (AvgIpc) is 3.59. The number of benzene rings is 3. The van der Waals surface area contributed by atoms with Crippen LogP contribution in [0.2, 0.25) is 0 Å². The van der Waals surface area contributed by atoms with Crippen LogP contribution in [-0.4, -0.2) is 116 Å². The molecule has 0 saturated carbocycles. The zero-order valence-electron chi connectivity index (χ0n) is 36.1. The Bertz CT molecular complexity index is 2000. The second-order valence-electron chi connectivity index (χ2n) is 15.3. The molecular weight excluding hydrogens is 831 g/mol. The topological polar surface area (TPSA) is 286 Å². The van der Waals surface area contributed by atoms with Gasteiger partial charge in [-0.15, -0.1) is 0 Å². The molecule has 10 N–H and O–H groups in total. The van der Waals surface area contributed by atoms with Crippen molar-refractivity contribution in [1.29, 1.82) is 0 Å². The Balaban J connectivity index is 1.18. The summed E-state index contributed by atoms with van der Waals surface area (Å²) in [5, 5.41) is 34.2. The Morgan fingerprint density at radius 2 is 1.31 bits per heavy atom. The van der Waals surface area contributed by atoms with E-state index in [9.17, 15) is 43.8 Å². The molecule has 1 aliphatic carbocycles. The second-order valence-corrected chi connectivity index (χ2v) is 15.3. The van der Waals surface area contributed by atoms with Gasteiger partial charge in [0.05, 0.1) is 33.0 Å². The van der Waals surface area contributed by atoms with Crippen molar-refractivity contribution in [2.75, 3.05) is 51.4 Å². The maximum atomic E-state index is 13.6. The molecule has 0 radical (unpaired) electrons. The predicted octanol–water partition coefficient (Wildman–Crippen LogP) is 2.50. The van der Waals surface area contributed by atoms with Crippen LogP contribution in [0.3, 0.4) is 0 Å². The summed E-state index contributed by atoms with van der Waals surface area (Å²) in [7, 11) is 0. The smallest absolute Gasteiger partial charge is 0.407 e. The minimum Gasteiger partial charge on any atom is -0.481 e. The number of aliphatic hydroxyl groups is 1. The summed E-state index contributed by atoms with van der Waals surface area (Å²) in [6.45, 7) is 4.09. The fraction of sp³-hybridized carbons (Fsp3) is 0.444. The molecule has 0 heterocycles. The summed E-state index contributed by atoms with van der Waals surface area (Å²) in [6, 6.07) is 18.1. The van der Waals surface area contributed by atoms with Crippen molar-refractivity contribution in [1.82, 2.24) is 26.6 Å². The van der Waals surface area contributed by atoms with Crippen molar-refractivity contribution in [3.8, 4) is 11.1 Å². The molecular formula is C45H59N7O12. The average molecular weight is 890 g/mol. The fourth-order valence-electron chi connectivity index (χ4n) is 6.92. The van der Waals surface area contributed by atoms with E-state index in [4.69, 9.17) is 19.9 Å². The first-order valence-electron chi connectivity index (χ1n) is 21.2. The highest BCUT2D eigenvalue weighted by molar-refractivity contribution is 5.99. The number of amides is 7. The third-order valence-corrected chi connectivity index (χ3v) is 10.3. The van der Waals surface area contributed by atoms with Gasteiger partial charge in [-0.1, -0.05) is 74.5 Å². The van der Waals surface area contributed by atoms with Crippen LogP contribution in [-0.2, 0) is 44.8 Å². The Morgan fingerprint density at radius 1 is 0.688 bits per heavy atom. The molecule has 64 heavy (non-hydrogen) atoms. The zero-order valence-corrected chi connectivity index (χ0v) is 36.1. The normalized spacial score (nSPS) is 13.1. The Kier molecular flexibility index (Phi) is 20.5. The van der Waals surface area contributed by atoms with Gasteiger partial charge in [0.1, 0.15) is 24.7 Å². The molecule has 3 atom stereocenters. The van der Waals surface area contributed by atoms with Gasteiger partial charge in [-0.2, -0.15) is 0 Å². The summed E-state index contributed by atoms with van der Waals surface area (Å²) >= 11 is 0. The number of nitrogens with two attached hydrogens (primary N) is 1. The molecule has 346 valence electrons. The van der Waals surface area contributed by atoms with Crippen LogP contribution in [0.5, 0.6) is 0 Å². The Hall–Kier alpha value is -6.57. The minimum absolute atomic E-state index is 0.0402. The third kappa shape index (κ3) is 16.3. The molecule has 0 aromatic heterocycles. The monoisotopic (exact) mass is 889 g/mol. The number of carboxylic acid groups (broad SMARTS) is 1. The summed E-state index contributed by atoms with van der Waals surface area (Å²) < 4.78 is 16.5. The van der Waals surface area contributed by atoms with Crippen molar-refractivity contribution < 1.29 is 58.0 Å². The lowest BCUT2D eigenvalue weighted by Crippen LogP contribution is -2.58.